The molecule has 1 spiro atoms. The van der Waals surface area contributed by atoms with Gasteiger partial charge in [-0.15, -0.1) is 0 Å². The Balaban J connectivity index is 1.76. The average molecular weight is 412 g/mol. The standard InChI is InChI=1S/C19H23Cl2N3O3/c1-11(24-16(26)19(23-17(24)27)8-4-5-9-19)15(25)22-18(2,3)12-6-7-13(20)14(21)10-12/h6-7,10-11H,4-5,8-9H2,1-3H3,(H,22,25)(H,23,27). The van der Waals surface area contributed by atoms with Gasteiger partial charge in [-0.05, 0) is 51.3 Å². The molecule has 27 heavy (non-hydrogen) atoms. The Kier molecular flexibility index (Phi) is 5.16. The second-order valence-electron chi connectivity index (χ2n) is 7.81. The molecule has 146 valence electrons. The van der Waals surface area contributed by atoms with Gasteiger partial charge in [0.1, 0.15) is 11.6 Å². The molecule has 1 aromatic carbocycles. The van der Waals surface area contributed by atoms with E-state index < -0.39 is 29.1 Å². The lowest BCUT2D eigenvalue weighted by Gasteiger charge is -2.31. The van der Waals surface area contributed by atoms with Crippen LogP contribution in [0.2, 0.25) is 10.0 Å². The molecule has 0 aromatic heterocycles. The third kappa shape index (κ3) is 3.52. The molecule has 1 atom stereocenters. The van der Waals surface area contributed by atoms with E-state index in [1.807, 2.05) is 13.8 Å². The maximum Gasteiger partial charge on any atom is 0.325 e. The summed E-state index contributed by atoms with van der Waals surface area (Å²) in [5.41, 5.74) is -0.823. The van der Waals surface area contributed by atoms with Gasteiger partial charge in [0.25, 0.3) is 5.91 Å². The Morgan fingerprint density at radius 1 is 1.22 bits per heavy atom. The van der Waals surface area contributed by atoms with E-state index in [9.17, 15) is 14.4 Å². The molecule has 0 bridgehead atoms. The number of benzene rings is 1. The number of hydrogen-bond donors (Lipinski definition) is 2. The Bertz CT molecular complexity index is 803. The number of carbonyl (C=O) groups excluding carboxylic acids is 3. The fourth-order valence-corrected chi connectivity index (χ4v) is 4.10. The zero-order chi connectivity index (χ0) is 20.0. The van der Waals surface area contributed by atoms with Crippen molar-refractivity contribution in [2.45, 2.75) is 63.6 Å². The third-order valence-corrected chi connectivity index (χ3v) is 6.23. The molecule has 1 aliphatic heterocycles. The van der Waals surface area contributed by atoms with Crippen LogP contribution in [0.5, 0.6) is 0 Å². The van der Waals surface area contributed by atoms with Crippen molar-refractivity contribution >= 4 is 41.0 Å². The highest BCUT2D eigenvalue weighted by Gasteiger charge is 2.54. The Hall–Kier alpha value is -1.79. The number of imide groups is 1. The van der Waals surface area contributed by atoms with Gasteiger partial charge in [-0.1, -0.05) is 42.1 Å². The molecule has 3 rings (SSSR count). The molecule has 1 saturated carbocycles. The van der Waals surface area contributed by atoms with Gasteiger partial charge in [-0.25, -0.2) is 9.69 Å². The van der Waals surface area contributed by atoms with Gasteiger partial charge in [0.2, 0.25) is 5.91 Å². The lowest BCUT2D eigenvalue weighted by atomic mass is 9.93. The molecular formula is C19H23Cl2N3O3. The van der Waals surface area contributed by atoms with Crippen molar-refractivity contribution in [3.8, 4) is 0 Å². The number of urea groups is 1. The second kappa shape index (κ2) is 6.99. The summed E-state index contributed by atoms with van der Waals surface area (Å²) in [6.45, 7) is 5.20. The van der Waals surface area contributed by atoms with Gasteiger partial charge < -0.3 is 10.6 Å². The molecule has 6 nitrogen and oxygen atoms in total. The normalized spacial score (nSPS) is 20.1. The zero-order valence-electron chi connectivity index (χ0n) is 15.6. The lowest BCUT2D eigenvalue weighted by molar-refractivity contribution is -0.138. The number of amides is 4. The lowest BCUT2D eigenvalue weighted by Crippen LogP contribution is -2.53. The van der Waals surface area contributed by atoms with E-state index >= 15 is 0 Å². The van der Waals surface area contributed by atoms with E-state index in [1.165, 1.54) is 0 Å². The minimum atomic E-state index is -0.917. The van der Waals surface area contributed by atoms with Gasteiger partial charge in [0, 0.05) is 0 Å². The monoisotopic (exact) mass is 411 g/mol. The summed E-state index contributed by atoms with van der Waals surface area (Å²) < 4.78 is 0. The molecule has 1 unspecified atom stereocenters. The minimum Gasteiger partial charge on any atom is -0.345 e. The fraction of sp³-hybridized carbons (Fsp3) is 0.526. The highest BCUT2D eigenvalue weighted by atomic mass is 35.5. The van der Waals surface area contributed by atoms with Crippen LogP contribution in [0.3, 0.4) is 0 Å². The van der Waals surface area contributed by atoms with Crippen molar-refractivity contribution in [2.24, 2.45) is 0 Å². The predicted molar refractivity (Wildman–Crippen MR) is 104 cm³/mol. The molecule has 2 fully saturated rings. The Morgan fingerprint density at radius 2 is 1.85 bits per heavy atom. The van der Waals surface area contributed by atoms with E-state index in [0.29, 0.717) is 22.9 Å². The fourth-order valence-electron chi connectivity index (χ4n) is 3.80. The van der Waals surface area contributed by atoms with E-state index in [4.69, 9.17) is 23.2 Å². The van der Waals surface area contributed by atoms with Crippen LogP contribution in [-0.4, -0.2) is 34.3 Å². The first kappa shape index (κ1) is 20.0. The largest absolute Gasteiger partial charge is 0.345 e. The zero-order valence-corrected chi connectivity index (χ0v) is 17.1. The van der Waals surface area contributed by atoms with Crippen LogP contribution >= 0.6 is 23.2 Å². The van der Waals surface area contributed by atoms with Crippen LogP contribution in [-0.2, 0) is 15.1 Å². The number of hydrogen-bond acceptors (Lipinski definition) is 3. The van der Waals surface area contributed by atoms with E-state index in [-0.39, 0.29) is 5.91 Å². The predicted octanol–water partition coefficient (Wildman–Crippen LogP) is 3.60. The summed E-state index contributed by atoms with van der Waals surface area (Å²) in [5, 5.41) is 6.52. The summed E-state index contributed by atoms with van der Waals surface area (Å²) in [5.74, 6) is -0.718. The Labute approximate surface area is 168 Å². The van der Waals surface area contributed by atoms with Gasteiger partial charge in [0.15, 0.2) is 0 Å². The minimum absolute atomic E-state index is 0.306. The van der Waals surface area contributed by atoms with Crippen LogP contribution in [0.15, 0.2) is 18.2 Å². The van der Waals surface area contributed by atoms with Crippen molar-refractivity contribution in [2.75, 3.05) is 0 Å². The second-order valence-corrected chi connectivity index (χ2v) is 8.63. The molecule has 8 heteroatoms. The number of rotatable bonds is 4. The molecular weight excluding hydrogens is 389 g/mol. The molecule has 1 saturated heterocycles. The molecule has 1 aliphatic carbocycles. The molecule has 4 amide bonds. The topological polar surface area (TPSA) is 78.5 Å². The van der Waals surface area contributed by atoms with Crippen LogP contribution in [0.25, 0.3) is 0 Å². The quantitative estimate of drug-likeness (QED) is 0.742. The Morgan fingerprint density at radius 3 is 2.44 bits per heavy atom. The van der Waals surface area contributed by atoms with Crippen molar-refractivity contribution < 1.29 is 14.4 Å². The van der Waals surface area contributed by atoms with Crippen LogP contribution in [0, 0.1) is 0 Å². The average Bonchev–Trinajstić information content (AvgIpc) is 3.15. The molecule has 1 heterocycles. The van der Waals surface area contributed by atoms with Gasteiger partial charge in [-0.3, -0.25) is 9.59 Å². The number of nitrogens with zero attached hydrogens (tertiary/aromatic N) is 1. The third-order valence-electron chi connectivity index (χ3n) is 5.49. The van der Waals surface area contributed by atoms with Gasteiger partial charge >= 0.3 is 6.03 Å². The van der Waals surface area contributed by atoms with E-state index in [2.05, 4.69) is 10.6 Å². The maximum absolute atomic E-state index is 12.8. The first-order chi connectivity index (χ1) is 12.6. The number of halogens is 2. The van der Waals surface area contributed by atoms with Crippen LogP contribution < -0.4 is 10.6 Å². The first-order valence-corrected chi connectivity index (χ1v) is 9.76. The van der Waals surface area contributed by atoms with E-state index in [0.717, 1.165) is 23.3 Å². The summed E-state index contributed by atoms with van der Waals surface area (Å²) in [6.07, 6.45) is 3.03. The summed E-state index contributed by atoms with van der Waals surface area (Å²) in [6, 6.07) is 3.71. The van der Waals surface area contributed by atoms with Crippen LogP contribution in [0.4, 0.5) is 4.79 Å². The summed E-state index contributed by atoms with van der Waals surface area (Å²) in [4.78, 5) is 39.1. The highest BCUT2D eigenvalue weighted by Crippen LogP contribution is 2.36. The first-order valence-electron chi connectivity index (χ1n) is 9.01. The van der Waals surface area contributed by atoms with Crippen molar-refractivity contribution in [3.63, 3.8) is 0 Å². The van der Waals surface area contributed by atoms with Crippen molar-refractivity contribution in [3.05, 3.63) is 33.8 Å². The summed E-state index contributed by atoms with van der Waals surface area (Å²) in [7, 11) is 0. The smallest absolute Gasteiger partial charge is 0.325 e. The summed E-state index contributed by atoms with van der Waals surface area (Å²) >= 11 is 12.0. The van der Waals surface area contributed by atoms with Crippen LogP contribution in [0.1, 0.15) is 52.0 Å². The molecule has 1 aromatic rings. The van der Waals surface area contributed by atoms with Crippen molar-refractivity contribution in [1.82, 2.24) is 15.5 Å². The highest BCUT2D eigenvalue weighted by molar-refractivity contribution is 6.42. The molecule has 0 radical (unpaired) electrons. The number of nitrogens with one attached hydrogen (secondary N) is 2. The van der Waals surface area contributed by atoms with Gasteiger partial charge in [0.05, 0.1) is 15.6 Å². The molecule has 2 aliphatic rings. The SMILES string of the molecule is CC(C(=O)NC(C)(C)c1ccc(Cl)c(Cl)c1)N1C(=O)NC2(CCCC2)C1=O. The van der Waals surface area contributed by atoms with Gasteiger partial charge in [-0.2, -0.15) is 0 Å². The van der Waals surface area contributed by atoms with Crippen molar-refractivity contribution in [1.29, 1.82) is 0 Å². The van der Waals surface area contributed by atoms with E-state index in [1.54, 1.807) is 25.1 Å². The maximum atomic E-state index is 12.8. The number of carbonyl (C=O) groups is 3. The molecule has 2 N–H and O–H groups in total.